The number of amides is 1. The Bertz CT molecular complexity index is 1450. The largest absolute Gasteiger partial charge is 0.493 e. The monoisotopic (exact) mass is 540 g/mol. The van der Waals surface area contributed by atoms with Crippen molar-refractivity contribution in [2.24, 2.45) is 0 Å². The molecule has 4 aromatic rings. The number of fused-ring (bicyclic) bond motifs is 1. The molecular weight excluding hydrogens is 514 g/mol. The fraction of sp³-hybridized carbons (Fsp3) is 0.250. The highest BCUT2D eigenvalue weighted by atomic mass is 35.5. The van der Waals surface area contributed by atoms with Crippen LogP contribution in [-0.2, 0) is 6.42 Å². The van der Waals surface area contributed by atoms with E-state index in [9.17, 15) is 13.6 Å². The molecule has 0 saturated carbocycles. The van der Waals surface area contributed by atoms with E-state index < -0.39 is 17.7 Å². The van der Waals surface area contributed by atoms with Crippen molar-refractivity contribution in [3.63, 3.8) is 0 Å². The zero-order valence-electron chi connectivity index (χ0n) is 20.8. The van der Waals surface area contributed by atoms with Gasteiger partial charge < -0.3 is 20.5 Å². The zero-order chi connectivity index (χ0) is 27.2. The maximum absolute atomic E-state index is 14.6. The molecule has 0 saturated heterocycles. The summed E-state index contributed by atoms with van der Waals surface area (Å²) >= 11 is 6.00. The molecule has 0 bridgehead atoms. The van der Waals surface area contributed by atoms with E-state index in [0.717, 1.165) is 17.3 Å². The van der Waals surface area contributed by atoms with E-state index in [-0.39, 0.29) is 29.5 Å². The normalized spacial score (nSPS) is 12.7. The van der Waals surface area contributed by atoms with Crippen molar-refractivity contribution in [3.8, 4) is 16.9 Å². The van der Waals surface area contributed by atoms with Crippen LogP contribution in [0.25, 0.3) is 22.2 Å². The highest BCUT2D eigenvalue weighted by Gasteiger charge is 2.17. The van der Waals surface area contributed by atoms with E-state index in [1.165, 1.54) is 12.1 Å². The smallest absolute Gasteiger partial charge is 0.404 e. The van der Waals surface area contributed by atoms with Crippen LogP contribution < -0.4 is 15.4 Å². The van der Waals surface area contributed by atoms with E-state index >= 15 is 0 Å². The van der Waals surface area contributed by atoms with Gasteiger partial charge in [-0.25, -0.2) is 18.6 Å². The molecule has 4 rings (SSSR count). The molecule has 1 amide bonds. The molecule has 0 spiro atoms. The number of pyridine rings is 2. The number of rotatable bonds is 10. The van der Waals surface area contributed by atoms with Gasteiger partial charge in [0.1, 0.15) is 27.9 Å². The van der Waals surface area contributed by atoms with Gasteiger partial charge in [0.05, 0.1) is 18.3 Å². The molecule has 7 nitrogen and oxygen atoms in total. The van der Waals surface area contributed by atoms with Crippen molar-refractivity contribution in [1.82, 2.24) is 15.3 Å². The number of ether oxygens (including phenoxy) is 1. The van der Waals surface area contributed by atoms with Gasteiger partial charge in [-0.3, -0.25) is 4.98 Å². The Labute approximate surface area is 223 Å². The van der Waals surface area contributed by atoms with E-state index in [1.807, 2.05) is 31.2 Å². The van der Waals surface area contributed by atoms with Gasteiger partial charge in [0.15, 0.2) is 5.82 Å². The molecule has 38 heavy (non-hydrogen) atoms. The molecule has 3 N–H and O–H groups in total. The Morgan fingerprint density at radius 3 is 2.66 bits per heavy atom. The van der Waals surface area contributed by atoms with Gasteiger partial charge in [-0.1, -0.05) is 35.9 Å². The first-order valence-corrected chi connectivity index (χ1v) is 12.5. The van der Waals surface area contributed by atoms with Crippen LogP contribution in [0.3, 0.4) is 0 Å². The summed E-state index contributed by atoms with van der Waals surface area (Å²) in [6, 6.07) is 14.4. The molecule has 2 heterocycles. The van der Waals surface area contributed by atoms with E-state index in [2.05, 4.69) is 20.6 Å². The molecule has 2 aromatic carbocycles. The average molecular weight is 541 g/mol. The minimum atomic E-state index is -1.11. The maximum atomic E-state index is 14.6. The Hall–Kier alpha value is -3.98. The number of carbonyl (C=O) groups is 1. The molecule has 0 aliphatic carbocycles. The van der Waals surface area contributed by atoms with Gasteiger partial charge in [-0.2, -0.15) is 0 Å². The molecule has 0 radical (unpaired) electrons. The lowest BCUT2D eigenvalue weighted by atomic mass is 9.95. The third-order valence-electron chi connectivity index (χ3n) is 5.98. The molecule has 0 fully saturated rings. The number of hydrogen-bond donors (Lipinski definition) is 3. The van der Waals surface area contributed by atoms with Gasteiger partial charge in [0.2, 0.25) is 0 Å². The Morgan fingerprint density at radius 2 is 1.87 bits per heavy atom. The second-order valence-electron chi connectivity index (χ2n) is 9.02. The quantitative estimate of drug-likeness (QED) is 0.194. The number of nitrogens with zero attached hydrogens (tertiary/aromatic N) is 2. The van der Waals surface area contributed by atoms with E-state index in [1.54, 1.807) is 25.1 Å². The van der Waals surface area contributed by atoms with Gasteiger partial charge in [0.25, 0.3) is 0 Å². The van der Waals surface area contributed by atoms with Crippen LogP contribution >= 0.6 is 11.6 Å². The predicted molar refractivity (Wildman–Crippen MR) is 144 cm³/mol. The first kappa shape index (κ1) is 27.1. The molecule has 2 aromatic heterocycles. The molecule has 198 valence electrons. The minimum Gasteiger partial charge on any atom is -0.493 e. The average Bonchev–Trinajstić information content (AvgIpc) is 2.86. The van der Waals surface area contributed by atoms with Gasteiger partial charge in [0, 0.05) is 24.1 Å². The van der Waals surface area contributed by atoms with Crippen molar-refractivity contribution < 1.29 is 23.4 Å². The lowest BCUT2D eigenvalue weighted by molar-refractivity contribution is 0.190. The summed E-state index contributed by atoms with van der Waals surface area (Å²) in [5.74, 6) is -0.469. The van der Waals surface area contributed by atoms with Crippen LogP contribution in [0.4, 0.5) is 19.3 Å². The predicted octanol–water partition coefficient (Wildman–Crippen LogP) is 6.70. The Morgan fingerprint density at radius 1 is 1.08 bits per heavy atom. The summed E-state index contributed by atoms with van der Waals surface area (Å²) in [6.45, 7) is 3.92. The second-order valence-corrected chi connectivity index (χ2v) is 9.40. The lowest BCUT2D eigenvalue weighted by Crippen LogP contribution is -2.32. The summed E-state index contributed by atoms with van der Waals surface area (Å²) in [5, 5.41) is 14.8. The van der Waals surface area contributed by atoms with Crippen molar-refractivity contribution >= 4 is 34.4 Å². The van der Waals surface area contributed by atoms with Gasteiger partial charge in [-0.05, 0) is 61.7 Å². The van der Waals surface area contributed by atoms with Crippen LogP contribution in [0.15, 0.2) is 60.8 Å². The number of nitrogens with one attached hydrogen (secondary N) is 2. The van der Waals surface area contributed by atoms with Crippen molar-refractivity contribution in [2.75, 3.05) is 11.9 Å². The molecule has 2 unspecified atom stereocenters. The summed E-state index contributed by atoms with van der Waals surface area (Å²) < 4.78 is 34.9. The molecule has 0 aliphatic heterocycles. The second kappa shape index (κ2) is 12.0. The number of benzene rings is 2. The maximum Gasteiger partial charge on any atom is 0.404 e. The number of hydrogen-bond acceptors (Lipinski definition) is 5. The first-order chi connectivity index (χ1) is 18.2. The standard InChI is InChI=1S/C28H27ClF2N4O3/c1-16(33-26-22(31)15-32-23-8-10-25(29)35-27(23)26)11-12-38-24-9-7-19(30)14-21(24)20-6-4-3-5-18(20)13-17(2)34-28(36)37/h3-10,14-17,34H,11-13H2,1-2H3,(H,32,33)(H,36,37). The fourth-order valence-electron chi connectivity index (χ4n) is 4.21. The summed E-state index contributed by atoms with van der Waals surface area (Å²) in [6.07, 6.45) is 0.953. The summed E-state index contributed by atoms with van der Waals surface area (Å²) in [4.78, 5) is 19.3. The highest BCUT2D eigenvalue weighted by molar-refractivity contribution is 6.29. The van der Waals surface area contributed by atoms with Crippen molar-refractivity contribution in [1.29, 1.82) is 0 Å². The lowest BCUT2D eigenvalue weighted by Gasteiger charge is -2.19. The molecular formula is C28H27ClF2N4O3. The fourth-order valence-corrected chi connectivity index (χ4v) is 4.36. The van der Waals surface area contributed by atoms with E-state index in [0.29, 0.717) is 35.2 Å². The Kier molecular flexibility index (Phi) is 8.58. The first-order valence-electron chi connectivity index (χ1n) is 12.1. The minimum absolute atomic E-state index is 0.199. The van der Waals surface area contributed by atoms with Crippen molar-refractivity contribution in [2.45, 2.75) is 38.8 Å². The number of anilines is 1. The van der Waals surface area contributed by atoms with Crippen LogP contribution in [0, 0.1) is 11.6 Å². The summed E-state index contributed by atoms with van der Waals surface area (Å²) in [5.41, 5.74) is 3.24. The van der Waals surface area contributed by atoms with Crippen LogP contribution in [-0.4, -0.2) is 39.9 Å². The third kappa shape index (κ3) is 6.66. The molecule has 10 heteroatoms. The summed E-state index contributed by atoms with van der Waals surface area (Å²) in [7, 11) is 0. The van der Waals surface area contributed by atoms with Gasteiger partial charge >= 0.3 is 6.09 Å². The van der Waals surface area contributed by atoms with Crippen LogP contribution in [0.5, 0.6) is 5.75 Å². The zero-order valence-corrected chi connectivity index (χ0v) is 21.6. The topological polar surface area (TPSA) is 96.4 Å². The van der Waals surface area contributed by atoms with Crippen LogP contribution in [0.1, 0.15) is 25.8 Å². The SMILES string of the molecule is CC(Cc1ccccc1-c1cc(F)ccc1OCCC(C)Nc1c(F)cnc2ccc(Cl)nc12)NC(=O)O. The molecule has 0 aliphatic rings. The van der Waals surface area contributed by atoms with Gasteiger partial charge in [-0.15, -0.1) is 0 Å². The number of carboxylic acid groups (broad SMARTS) is 1. The van der Waals surface area contributed by atoms with Crippen molar-refractivity contribution in [3.05, 3.63) is 83.1 Å². The van der Waals surface area contributed by atoms with E-state index in [4.69, 9.17) is 21.4 Å². The molecule has 2 atom stereocenters. The number of halogens is 3. The van der Waals surface area contributed by atoms with Crippen LogP contribution in [0.2, 0.25) is 5.15 Å². The highest BCUT2D eigenvalue weighted by Crippen LogP contribution is 2.34. The number of aromatic nitrogens is 2. The third-order valence-corrected chi connectivity index (χ3v) is 6.19. The Balaban J connectivity index is 1.49.